The topological polar surface area (TPSA) is 44.2 Å². The van der Waals surface area contributed by atoms with Crippen LogP contribution in [0.4, 0.5) is 4.39 Å². The van der Waals surface area contributed by atoms with E-state index in [-0.39, 0.29) is 11.0 Å². The number of nitrogens with zero attached hydrogens (tertiary/aromatic N) is 2. The molecule has 2 aromatic rings. The van der Waals surface area contributed by atoms with Crippen LogP contribution in [0.15, 0.2) is 24.4 Å². The van der Waals surface area contributed by atoms with E-state index in [0.29, 0.717) is 17.1 Å². The van der Waals surface area contributed by atoms with Crippen LogP contribution in [-0.2, 0) is 0 Å². The highest BCUT2D eigenvalue weighted by Gasteiger charge is 2.12. The summed E-state index contributed by atoms with van der Waals surface area (Å²) in [6, 6.07) is 4.97. The molecule has 0 amide bonds. The normalized spacial score (nSPS) is 10.2. The van der Waals surface area contributed by atoms with Crippen molar-refractivity contribution in [1.82, 2.24) is 9.97 Å². The fraction of sp³-hybridized carbons (Fsp3) is 0.167. The van der Waals surface area contributed by atoms with Gasteiger partial charge < -0.3 is 9.47 Å². The summed E-state index contributed by atoms with van der Waals surface area (Å²) < 4.78 is 23.9. The number of methoxy groups -OCH3 is 2. The Balaban J connectivity index is 2.54. The second kappa shape index (κ2) is 5.18. The summed E-state index contributed by atoms with van der Waals surface area (Å²) in [5.41, 5.74) is 0.658. The van der Waals surface area contributed by atoms with E-state index in [2.05, 4.69) is 9.97 Å². The van der Waals surface area contributed by atoms with E-state index in [0.717, 1.165) is 6.20 Å². The Morgan fingerprint density at radius 1 is 1.17 bits per heavy atom. The van der Waals surface area contributed by atoms with Gasteiger partial charge in [-0.1, -0.05) is 0 Å². The predicted molar refractivity (Wildman–Crippen MR) is 65.5 cm³/mol. The quantitative estimate of drug-likeness (QED) is 0.803. The van der Waals surface area contributed by atoms with Crippen LogP contribution in [0.1, 0.15) is 0 Å². The van der Waals surface area contributed by atoms with Gasteiger partial charge in [0, 0.05) is 5.56 Å². The van der Waals surface area contributed by atoms with Crippen LogP contribution in [0.3, 0.4) is 0 Å². The Hall–Kier alpha value is -1.88. The van der Waals surface area contributed by atoms with Gasteiger partial charge >= 0.3 is 0 Å². The standard InChI is InChI=1S/C12H10ClFN2O2/c1-17-9-4-3-7(5-10(9)18-2)11-8(14)6-15-12(13)16-11/h3-6H,1-2H3. The number of halogens is 2. The highest BCUT2D eigenvalue weighted by Crippen LogP contribution is 2.32. The van der Waals surface area contributed by atoms with Crippen molar-refractivity contribution in [3.05, 3.63) is 35.5 Å². The van der Waals surface area contributed by atoms with Gasteiger partial charge in [-0.15, -0.1) is 0 Å². The number of ether oxygens (including phenoxy) is 2. The first kappa shape index (κ1) is 12.6. The molecule has 1 heterocycles. The van der Waals surface area contributed by atoms with Crippen molar-refractivity contribution < 1.29 is 13.9 Å². The maximum absolute atomic E-state index is 13.6. The third kappa shape index (κ3) is 2.36. The molecule has 0 bridgehead atoms. The molecule has 0 saturated heterocycles. The van der Waals surface area contributed by atoms with Crippen molar-refractivity contribution in [3.8, 4) is 22.8 Å². The summed E-state index contributed by atoms with van der Waals surface area (Å²) in [5, 5.41) is -0.0128. The lowest BCUT2D eigenvalue weighted by Gasteiger charge is -2.09. The first-order valence-electron chi connectivity index (χ1n) is 5.06. The Bertz CT molecular complexity index is 578. The van der Waals surface area contributed by atoms with Gasteiger partial charge in [-0.3, -0.25) is 0 Å². The fourth-order valence-corrected chi connectivity index (χ4v) is 1.66. The lowest BCUT2D eigenvalue weighted by Crippen LogP contribution is -1.95. The zero-order valence-electron chi connectivity index (χ0n) is 9.78. The Morgan fingerprint density at radius 2 is 1.89 bits per heavy atom. The molecule has 6 heteroatoms. The molecule has 0 aliphatic carbocycles. The highest BCUT2D eigenvalue weighted by molar-refractivity contribution is 6.28. The number of hydrogen-bond acceptors (Lipinski definition) is 4. The van der Waals surface area contributed by atoms with Crippen molar-refractivity contribution in [3.63, 3.8) is 0 Å². The Kier molecular flexibility index (Phi) is 3.62. The van der Waals surface area contributed by atoms with Crippen molar-refractivity contribution >= 4 is 11.6 Å². The van der Waals surface area contributed by atoms with Crippen molar-refractivity contribution in [2.24, 2.45) is 0 Å². The van der Waals surface area contributed by atoms with Gasteiger partial charge in [0.2, 0.25) is 5.28 Å². The molecule has 18 heavy (non-hydrogen) atoms. The molecule has 0 fully saturated rings. The summed E-state index contributed by atoms with van der Waals surface area (Å²) in [7, 11) is 3.03. The molecule has 0 unspecified atom stereocenters. The fourth-order valence-electron chi connectivity index (χ4n) is 1.53. The first-order chi connectivity index (χ1) is 8.65. The maximum atomic E-state index is 13.6. The van der Waals surface area contributed by atoms with E-state index >= 15 is 0 Å². The summed E-state index contributed by atoms with van der Waals surface area (Å²) >= 11 is 5.65. The summed E-state index contributed by atoms with van der Waals surface area (Å²) in [6.07, 6.45) is 1.03. The minimum Gasteiger partial charge on any atom is -0.493 e. The maximum Gasteiger partial charge on any atom is 0.223 e. The third-order valence-electron chi connectivity index (χ3n) is 2.37. The van der Waals surface area contributed by atoms with Crippen LogP contribution < -0.4 is 9.47 Å². The van der Waals surface area contributed by atoms with E-state index < -0.39 is 5.82 Å². The molecule has 0 aliphatic rings. The summed E-state index contributed by atoms with van der Waals surface area (Å²) in [5.74, 6) is 0.498. The van der Waals surface area contributed by atoms with Crippen LogP contribution in [-0.4, -0.2) is 24.2 Å². The number of hydrogen-bond donors (Lipinski definition) is 0. The monoisotopic (exact) mass is 268 g/mol. The average Bonchev–Trinajstić information content (AvgIpc) is 2.40. The predicted octanol–water partition coefficient (Wildman–Crippen LogP) is 2.95. The van der Waals surface area contributed by atoms with Crippen LogP contribution >= 0.6 is 11.6 Å². The molecular weight excluding hydrogens is 259 g/mol. The van der Waals surface area contributed by atoms with E-state index in [9.17, 15) is 4.39 Å². The second-order valence-corrected chi connectivity index (χ2v) is 3.74. The first-order valence-corrected chi connectivity index (χ1v) is 5.44. The molecule has 0 spiro atoms. The Labute approximate surface area is 108 Å². The molecule has 0 radical (unpaired) electrons. The third-order valence-corrected chi connectivity index (χ3v) is 2.55. The van der Waals surface area contributed by atoms with Gasteiger partial charge in [0.25, 0.3) is 0 Å². The van der Waals surface area contributed by atoms with Gasteiger partial charge in [0.05, 0.1) is 20.4 Å². The van der Waals surface area contributed by atoms with Crippen molar-refractivity contribution in [2.45, 2.75) is 0 Å². The average molecular weight is 269 g/mol. The molecule has 94 valence electrons. The van der Waals surface area contributed by atoms with E-state index in [4.69, 9.17) is 21.1 Å². The highest BCUT2D eigenvalue weighted by atomic mass is 35.5. The largest absolute Gasteiger partial charge is 0.493 e. The smallest absolute Gasteiger partial charge is 0.223 e. The van der Waals surface area contributed by atoms with Gasteiger partial charge in [-0.05, 0) is 29.8 Å². The van der Waals surface area contributed by atoms with E-state index in [1.165, 1.54) is 14.2 Å². The molecule has 1 aromatic carbocycles. The molecule has 2 rings (SSSR count). The Morgan fingerprint density at radius 3 is 2.56 bits per heavy atom. The van der Waals surface area contributed by atoms with Gasteiger partial charge in [-0.25, -0.2) is 14.4 Å². The minimum atomic E-state index is -0.549. The van der Waals surface area contributed by atoms with Gasteiger partial charge in [0.1, 0.15) is 5.69 Å². The van der Waals surface area contributed by atoms with Gasteiger partial charge in [-0.2, -0.15) is 0 Å². The molecule has 0 aliphatic heterocycles. The van der Waals surface area contributed by atoms with E-state index in [1.54, 1.807) is 18.2 Å². The molecule has 4 nitrogen and oxygen atoms in total. The number of rotatable bonds is 3. The summed E-state index contributed by atoms with van der Waals surface area (Å²) in [6.45, 7) is 0. The van der Waals surface area contributed by atoms with Crippen LogP contribution in [0.2, 0.25) is 5.28 Å². The summed E-state index contributed by atoms with van der Waals surface area (Å²) in [4.78, 5) is 7.42. The van der Waals surface area contributed by atoms with Crippen LogP contribution in [0.25, 0.3) is 11.3 Å². The van der Waals surface area contributed by atoms with Gasteiger partial charge in [0.15, 0.2) is 17.3 Å². The molecular formula is C12H10ClFN2O2. The van der Waals surface area contributed by atoms with Crippen LogP contribution in [0.5, 0.6) is 11.5 Å². The lowest BCUT2D eigenvalue weighted by molar-refractivity contribution is 0.355. The lowest BCUT2D eigenvalue weighted by atomic mass is 10.1. The zero-order valence-corrected chi connectivity index (χ0v) is 10.5. The van der Waals surface area contributed by atoms with E-state index in [1.807, 2.05) is 0 Å². The zero-order chi connectivity index (χ0) is 13.1. The SMILES string of the molecule is COc1ccc(-c2nc(Cl)ncc2F)cc1OC. The van der Waals surface area contributed by atoms with Crippen molar-refractivity contribution in [1.29, 1.82) is 0 Å². The molecule has 0 N–H and O–H groups in total. The minimum absolute atomic E-state index is 0.0128. The second-order valence-electron chi connectivity index (χ2n) is 3.41. The molecule has 0 atom stereocenters. The number of benzene rings is 1. The number of aromatic nitrogens is 2. The van der Waals surface area contributed by atoms with Crippen molar-refractivity contribution in [2.75, 3.05) is 14.2 Å². The molecule has 0 saturated carbocycles. The van der Waals surface area contributed by atoms with Crippen LogP contribution in [0, 0.1) is 5.82 Å². The molecule has 1 aromatic heterocycles.